The van der Waals surface area contributed by atoms with Crippen molar-refractivity contribution in [1.29, 1.82) is 0 Å². The number of nitrogens with one attached hydrogen (secondary N) is 1. The summed E-state index contributed by atoms with van der Waals surface area (Å²) in [6.07, 6.45) is 1.26. The highest BCUT2D eigenvalue weighted by Crippen LogP contribution is 2.23. The molecule has 1 aliphatic heterocycles. The van der Waals surface area contributed by atoms with Crippen molar-refractivity contribution in [3.05, 3.63) is 35.9 Å². The average Bonchev–Trinajstić information content (AvgIpc) is 2.46. The van der Waals surface area contributed by atoms with Crippen molar-refractivity contribution < 1.29 is 0 Å². The van der Waals surface area contributed by atoms with Crippen molar-refractivity contribution in [1.82, 2.24) is 10.2 Å². The highest BCUT2D eigenvalue weighted by molar-refractivity contribution is 5.18. The third-order valence-electron chi connectivity index (χ3n) is 4.40. The van der Waals surface area contributed by atoms with Crippen LogP contribution in [0.25, 0.3) is 0 Å². The standard InChI is InChI=1S/C16H26N2/c1-4-13(2)16-12-18(11-10-17-16)14(3)15-8-6-5-7-9-15/h5-9,13-14,16-17H,4,10-12H2,1-3H3. The lowest BCUT2D eigenvalue weighted by Gasteiger charge is -2.39. The van der Waals surface area contributed by atoms with Crippen LogP contribution in [0.3, 0.4) is 0 Å². The van der Waals surface area contributed by atoms with Gasteiger partial charge in [0.1, 0.15) is 0 Å². The molecular formula is C16H26N2. The molecule has 0 radical (unpaired) electrons. The maximum atomic E-state index is 3.66. The van der Waals surface area contributed by atoms with Crippen LogP contribution in [-0.2, 0) is 0 Å². The van der Waals surface area contributed by atoms with E-state index in [-0.39, 0.29) is 0 Å². The van der Waals surface area contributed by atoms with Crippen LogP contribution < -0.4 is 5.32 Å². The second kappa shape index (κ2) is 6.35. The summed E-state index contributed by atoms with van der Waals surface area (Å²) in [6.45, 7) is 10.4. The van der Waals surface area contributed by atoms with Crippen LogP contribution >= 0.6 is 0 Å². The molecule has 3 unspecified atom stereocenters. The van der Waals surface area contributed by atoms with Gasteiger partial charge in [-0.05, 0) is 18.4 Å². The SMILES string of the molecule is CCC(C)C1CN(C(C)c2ccccc2)CCN1. The van der Waals surface area contributed by atoms with Crippen molar-refractivity contribution in [2.75, 3.05) is 19.6 Å². The van der Waals surface area contributed by atoms with Gasteiger partial charge >= 0.3 is 0 Å². The molecule has 2 nitrogen and oxygen atoms in total. The maximum Gasteiger partial charge on any atom is 0.0321 e. The predicted molar refractivity (Wildman–Crippen MR) is 77.7 cm³/mol. The Bertz CT molecular complexity index is 349. The second-order valence-corrected chi connectivity index (χ2v) is 5.53. The highest BCUT2D eigenvalue weighted by Gasteiger charge is 2.26. The zero-order chi connectivity index (χ0) is 13.0. The lowest BCUT2D eigenvalue weighted by atomic mass is 9.95. The van der Waals surface area contributed by atoms with Crippen molar-refractivity contribution in [2.24, 2.45) is 5.92 Å². The fourth-order valence-corrected chi connectivity index (χ4v) is 2.76. The zero-order valence-electron chi connectivity index (χ0n) is 11.9. The van der Waals surface area contributed by atoms with E-state index in [1.54, 1.807) is 0 Å². The first kappa shape index (κ1) is 13.6. The van der Waals surface area contributed by atoms with Gasteiger partial charge in [-0.3, -0.25) is 4.90 Å². The van der Waals surface area contributed by atoms with Gasteiger partial charge in [-0.1, -0.05) is 50.6 Å². The molecule has 1 fully saturated rings. The van der Waals surface area contributed by atoms with Gasteiger partial charge in [-0.2, -0.15) is 0 Å². The van der Waals surface area contributed by atoms with Crippen molar-refractivity contribution >= 4 is 0 Å². The quantitative estimate of drug-likeness (QED) is 0.878. The molecule has 100 valence electrons. The first-order valence-electron chi connectivity index (χ1n) is 7.24. The van der Waals surface area contributed by atoms with Crippen LogP contribution in [0.1, 0.15) is 38.8 Å². The molecular weight excluding hydrogens is 220 g/mol. The van der Waals surface area contributed by atoms with E-state index in [2.05, 4.69) is 61.3 Å². The summed E-state index contributed by atoms with van der Waals surface area (Å²) >= 11 is 0. The molecule has 0 saturated carbocycles. The molecule has 2 rings (SSSR count). The highest BCUT2D eigenvalue weighted by atomic mass is 15.2. The first-order valence-corrected chi connectivity index (χ1v) is 7.24. The fourth-order valence-electron chi connectivity index (χ4n) is 2.76. The van der Waals surface area contributed by atoms with Crippen LogP contribution in [0, 0.1) is 5.92 Å². The average molecular weight is 246 g/mol. The van der Waals surface area contributed by atoms with E-state index in [0.29, 0.717) is 12.1 Å². The van der Waals surface area contributed by atoms with Gasteiger partial charge in [0.05, 0.1) is 0 Å². The Kier molecular flexibility index (Phi) is 4.79. The minimum absolute atomic E-state index is 0.528. The number of nitrogens with zero attached hydrogens (tertiary/aromatic N) is 1. The topological polar surface area (TPSA) is 15.3 Å². The largest absolute Gasteiger partial charge is 0.311 e. The van der Waals surface area contributed by atoms with Gasteiger partial charge in [0, 0.05) is 31.7 Å². The minimum Gasteiger partial charge on any atom is -0.311 e. The Labute approximate surface area is 111 Å². The van der Waals surface area contributed by atoms with Crippen molar-refractivity contribution in [3.8, 4) is 0 Å². The Morgan fingerprint density at radius 1 is 1.28 bits per heavy atom. The van der Waals surface area contributed by atoms with Crippen LogP contribution in [0.15, 0.2) is 30.3 Å². The summed E-state index contributed by atoms with van der Waals surface area (Å²) in [6, 6.07) is 12.0. The summed E-state index contributed by atoms with van der Waals surface area (Å²) in [4.78, 5) is 2.61. The van der Waals surface area contributed by atoms with E-state index in [1.807, 2.05) is 0 Å². The fraction of sp³-hybridized carbons (Fsp3) is 0.625. The Balaban J connectivity index is 2.00. The van der Waals surface area contributed by atoms with Gasteiger partial charge in [0.25, 0.3) is 0 Å². The predicted octanol–water partition coefficient (Wildman–Crippen LogP) is 3.07. The summed E-state index contributed by atoms with van der Waals surface area (Å²) in [7, 11) is 0. The molecule has 1 aromatic carbocycles. The minimum atomic E-state index is 0.528. The smallest absolute Gasteiger partial charge is 0.0321 e. The number of piperazine rings is 1. The van der Waals surface area contributed by atoms with Gasteiger partial charge in [0.2, 0.25) is 0 Å². The summed E-state index contributed by atoms with van der Waals surface area (Å²) < 4.78 is 0. The van der Waals surface area contributed by atoms with Crippen LogP contribution in [0.4, 0.5) is 0 Å². The monoisotopic (exact) mass is 246 g/mol. The van der Waals surface area contributed by atoms with E-state index < -0.39 is 0 Å². The molecule has 0 aliphatic carbocycles. The van der Waals surface area contributed by atoms with Gasteiger partial charge < -0.3 is 5.32 Å². The first-order chi connectivity index (χ1) is 8.72. The molecule has 18 heavy (non-hydrogen) atoms. The molecule has 1 aliphatic rings. The van der Waals surface area contributed by atoms with Gasteiger partial charge in [-0.25, -0.2) is 0 Å². The summed E-state index contributed by atoms with van der Waals surface area (Å²) in [5.74, 6) is 0.760. The number of benzene rings is 1. The Morgan fingerprint density at radius 2 is 2.00 bits per heavy atom. The van der Waals surface area contributed by atoms with E-state index in [1.165, 1.54) is 18.5 Å². The zero-order valence-corrected chi connectivity index (χ0v) is 11.9. The molecule has 0 amide bonds. The maximum absolute atomic E-state index is 3.66. The van der Waals surface area contributed by atoms with E-state index in [0.717, 1.165) is 19.0 Å². The number of hydrogen-bond donors (Lipinski definition) is 1. The van der Waals surface area contributed by atoms with Crippen LogP contribution in [-0.4, -0.2) is 30.6 Å². The molecule has 0 spiro atoms. The van der Waals surface area contributed by atoms with Crippen molar-refractivity contribution in [2.45, 2.75) is 39.3 Å². The number of rotatable bonds is 4. The molecule has 0 bridgehead atoms. The lowest BCUT2D eigenvalue weighted by molar-refractivity contribution is 0.130. The molecule has 0 aromatic heterocycles. The van der Waals surface area contributed by atoms with Gasteiger partial charge in [0.15, 0.2) is 0 Å². The van der Waals surface area contributed by atoms with Crippen molar-refractivity contribution in [3.63, 3.8) is 0 Å². The van der Waals surface area contributed by atoms with Crippen LogP contribution in [0.2, 0.25) is 0 Å². The third kappa shape index (κ3) is 3.12. The molecule has 1 aromatic rings. The Morgan fingerprint density at radius 3 is 2.67 bits per heavy atom. The second-order valence-electron chi connectivity index (χ2n) is 5.53. The summed E-state index contributed by atoms with van der Waals surface area (Å²) in [5, 5.41) is 3.66. The van der Waals surface area contributed by atoms with E-state index in [9.17, 15) is 0 Å². The number of hydrogen-bond acceptors (Lipinski definition) is 2. The van der Waals surface area contributed by atoms with Crippen LogP contribution in [0.5, 0.6) is 0 Å². The molecule has 1 saturated heterocycles. The molecule has 1 N–H and O–H groups in total. The van der Waals surface area contributed by atoms with E-state index in [4.69, 9.17) is 0 Å². The molecule has 3 atom stereocenters. The molecule has 2 heteroatoms. The van der Waals surface area contributed by atoms with Gasteiger partial charge in [-0.15, -0.1) is 0 Å². The molecule has 1 heterocycles. The normalized spacial score (nSPS) is 24.7. The third-order valence-corrected chi connectivity index (χ3v) is 4.40. The van der Waals surface area contributed by atoms with E-state index >= 15 is 0 Å². The lowest BCUT2D eigenvalue weighted by Crippen LogP contribution is -2.53. The Hall–Kier alpha value is -0.860. The summed E-state index contributed by atoms with van der Waals surface area (Å²) in [5.41, 5.74) is 1.43.